The molecule has 1 rings (SSSR count). The van der Waals surface area contributed by atoms with Crippen LogP contribution in [0.3, 0.4) is 0 Å². The number of nitrogens with two attached hydrogens (primary N) is 1. The van der Waals surface area contributed by atoms with Gasteiger partial charge in [0.15, 0.2) is 9.84 Å². The molecule has 5 heteroatoms. The molecule has 0 amide bonds. The van der Waals surface area contributed by atoms with Gasteiger partial charge in [0.05, 0.1) is 15.2 Å². The van der Waals surface area contributed by atoms with Gasteiger partial charge in [-0.25, -0.2) is 8.42 Å². The van der Waals surface area contributed by atoms with E-state index in [4.69, 9.17) is 17.3 Å². The van der Waals surface area contributed by atoms with Gasteiger partial charge in [-0.3, -0.25) is 0 Å². The zero-order valence-corrected chi connectivity index (χ0v) is 11.8. The third-order valence-electron chi connectivity index (χ3n) is 2.81. The van der Waals surface area contributed by atoms with Gasteiger partial charge >= 0.3 is 0 Å². The van der Waals surface area contributed by atoms with Crippen LogP contribution in [0.1, 0.15) is 32.3 Å². The van der Waals surface area contributed by atoms with Crippen molar-refractivity contribution in [2.24, 2.45) is 5.73 Å². The highest BCUT2D eigenvalue weighted by Gasteiger charge is 2.22. The van der Waals surface area contributed by atoms with E-state index in [1.807, 2.05) is 6.92 Å². The molecule has 0 saturated heterocycles. The van der Waals surface area contributed by atoms with Crippen LogP contribution in [0.2, 0.25) is 5.02 Å². The van der Waals surface area contributed by atoms with Crippen molar-refractivity contribution >= 4 is 21.4 Å². The molecule has 0 aliphatic rings. The molecule has 1 unspecified atom stereocenters. The maximum absolute atomic E-state index is 12.0. The molecule has 1 atom stereocenters. The lowest BCUT2D eigenvalue weighted by molar-refractivity contribution is 0.587. The minimum Gasteiger partial charge on any atom is -0.330 e. The van der Waals surface area contributed by atoms with E-state index in [0.29, 0.717) is 6.54 Å². The zero-order valence-electron chi connectivity index (χ0n) is 10.3. The predicted octanol–water partition coefficient (Wildman–Crippen LogP) is 2.58. The second kappa shape index (κ2) is 5.38. The smallest absolute Gasteiger partial charge is 0.182 e. The van der Waals surface area contributed by atoms with Gasteiger partial charge in [-0.2, -0.15) is 0 Å². The SMILES string of the molecule is CC(CN)c1ccc(S(=O)(=O)C(C)C)c(Cl)c1. The van der Waals surface area contributed by atoms with Crippen LogP contribution in [0.5, 0.6) is 0 Å². The monoisotopic (exact) mass is 275 g/mol. The molecule has 0 radical (unpaired) electrons. The molecule has 3 nitrogen and oxygen atoms in total. The number of hydrogen-bond acceptors (Lipinski definition) is 3. The standard InChI is InChI=1S/C12H18ClNO2S/c1-8(2)17(15,16)12-5-4-10(6-11(12)13)9(3)7-14/h4-6,8-9H,7,14H2,1-3H3. The van der Waals surface area contributed by atoms with Crippen LogP contribution in [0, 0.1) is 0 Å². The quantitative estimate of drug-likeness (QED) is 0.919. The highest BCUT2D eigenvalue weighted by Crippen LogP contribution is 2.28. The Morgan fingerprint density at radius 3 is 2.29 bits per heavy atom. The van der Waals surface area contributed by atoms with Crippen LogP contribution < -0.4 is 5.73 Å². The summed E-state index contributed by atoms with van der Waals surface area (Å²) in [6.45, 7) is 5.76. The minimum atomic E-state index is -3.32. The van der Waals surface area contributed by atoms with E-state index in [0.717, 1.165) is 5.56 Å². The Morgan fingerprint density at radius 2 is 1.88 bits per heavy atom. The summed E-state index contributed by atoms with van der Waals surface area (Å²) >= 11 is 6.04. The van der Waals surface area contributed by atoms with E-state index >= 15 is 0 Å². The molecular weight excluding hydrogens is 258 g/mol. The van der Waals surface area contributed by atoms with Crippen LogP contribution >= 0.6 is 11.6 Å². The zero-order chi connectivity index (χ0) is 13.2. The summed E-state index contributed by atoms with van der Waals surface area (Å²) in [4.78, 5) is 0.196. The van der Waals surface area contributed by atoms with Gasteiger partial charge in [0, 0.05) is 0 Å². The molecule has 0 fully saturated rings. The molecule has 96 valence electrons. The highest BCUT2D eigenvalue weighted by molar-refractivity contribution is 7.92. The van der Waals surface area contributed by atoms with Crippen LogP contribution in [0.15, 0.2) is 23.1 Å². The Hall–Kier alpha value is -0.580. The molecular formula is C12H18ClNO2S. The van der Waals surface area contributed by atoms with E-state index in [1.165, 1.54) is 0 Å². The average Bonchev–Trinajstić information content (AvgIpc) is 2.27. The van der Waals surface area contributed by atoms with Crippen molar-refractivity contribution in [1.82, 2.24) is 0 Å². The van der Waals surface area contributed by atoms with Gasteiger partial charge in [-0.15, -0.1) is 0 Å². The second-order valence-electron chi connectivity index (χ2n) is 4.42. The van der Waals surface area contributed by atoms with E-state index in [-0.39, 0.29) is 15.8 Å². The molecule has 0 heterocycles. The third-order valence-corrected chi connectivity index (χ3v) is 5.44. The van der Waals surface area contributed by atoms with Gasteiger partial charge in [-0.1, -0.05) is 24.6 Å². The first kappa shape index (κ1) is 14.5. The second-order valence-corrected chi connectivity index (χ2v) is 7.30. The van der Waals surface area contributed by atoms with E-state index in [9.17, 15) is 8.42 Å². The maximum atomic E-state index is 12.0. The lowest BCUT2D eigenvalue weighted by Crippen LogP contribution is -2.15. The van der Waals surface area contributed by atoms with Gasteiger partial charge < -0.3 is 5.73 Å². The van der Waals surface area contributed by atoms with Gasteiger partial charge in [0.25, 0.3) is 0 Å². The minimum absolute atomic E-state index is 0.170. The number of halogens is 1. The maximum Gasteiger partial charge on any atom is 0.182 e. The lowest BCUT2D eigenvalue weighted by atomic mass is 10.0. The van der Waals surface area contributed by atoms with Crippen molar-refractivity contribution in [2.45, 2.75) is 36.8 Å². The summed E-state index contributed by atoms with van der Waals surface area (Å²) in [5.74, 6) is 0.170. The van der Waals surface area contributed by atoms with Crippen molar-refractivity contribution in [3.05, 3.63) is 28.8 Å². The van der Waals surface area contributed by atoms with Crippen molar-refractivity contribution in [2.75, 3.05) is 6.54 Å². The summed E-state index contributed by atoms with van der Waals surface area (Å²) in [6.07, 6.45) is 0. The van der Waals surface area contributed by atoms with Crippen molar-refractivity contribution in [3.8, 4) is 0 Å². The Morgan fingerprint density at radius 1 is 1.29 bits per heavy atom. The third kappa shape index (κ3) is 3.00. The fourth-order valence-electron chi connectivity index (χ4n) is 1.44. The first-order valence-corrected chi connectivity index (χ1v) is 7.46. The Balaban J connectivity index is 3.24. The fraction of sp³-hybridized carbons (Fsp3) is 0.500. The fourth-order valence-corrected chi connectivity index (χ4v) is 3.05. The largest absolute Gasteiger partial charge is 0.330 e. The van der Waals surface area contributed by atoms with Crippen molar-refractivity contribution in [1.29, 1.82) is 0 Å². The van der Waals surface area contributed by atoms with Crippen LogP contribution in [-0.2, 0) is 9.84 Å². The van der Waals surface area contributed by atoms with Gasteiger partial charge in [0.2, 0.25) is 0 Å². The van der Waals surface area contributed by atoms with Crippen LogP contribution in [-0.4, -0.2) is 20.2 Å². The molecule has 17 heavy (non-hydrogen) atoms. The number of benzene rings is 1. The first-order chi connectivity index (χ1) is 7.80. The lowest BCUT2D eigenvalue weighted by Gasteiger charge is -2.13. The highest BCUT2D eigenvalue weighted by atomic mass is 35.5. The van der Waals surface area contributed by atoms with Crippen molar-refractivity contribution in [3.63, 3.8) is 0 Å². The molecule has 2 N–H and O–H groups in total. The Kier molecular flexibility index (Phi) is 4.58. The van der Waals surface area contributed by atoms with Crippen molar-refractivity contribution < 1.29 is 8.42 Å². The number of sulfone groups is 1. The van der Waals surface area contributed by atoms with Crippen LogP contribution in [0.4, 0.5) is 0 Å². The normalized spacial score (nSPS) is 14.0. The Bertz CT molecular complexity index is 497. The molecule has 0 aliphatic carbocycles. The van der Waals surface area contributed by atoms with Gasteiger partial charge in [-0.05, 0) is 44.0 Å². The molecule has 0 spiro atoms. The predicted molar refractivity (Wildman–Crippen MR) is 71.2 cm³/mol. The molecule has 0 aromatic heterocycles. The summed E-state index contributed by atoms with van der Waals surface area (Å²) in [7, 11) is -3.32. The Labute approximate surface area is 108 Å². The number of hydrogen-bond donors (Lipinski definition) is 1. The molecule has 0 bridgehead atoms. The topological polar surface area (TPSA) is 60.2 Å². The van der Waals surface area contributed by atoms with E-state index in [2.05, 4.69) is 0 Å². The van der Waals surface area contributed by atoms with Gasteiger partial charge in [0.1, 0.15) is 0 Å². The molecule has 0 aliphatic heterocycles. The van der Waals surface area contributed by atoms with E-state index < -0.39 is 15.1 Å². The summed E-state index contributed by atoms with van der Waals surface area (Å²) < 4.78 is 24.0. The summed E-state index contributed by atoms with van der Waals surface area (Å²) in [6, 6.07) is 5.03. The molecule has 1 aromatic carbocycles. The number of rotatable bonds is 4. The van der Waals surface area contributed by atoms with Crippen LogP contribution in [0.25, 0.3) is 0 Å². The first-order valence-electron chi connectivity index (χ1n) is 5.54. The summed E-state index contributed by atoms with van der Waals surface area (Å²) in [5.41, 5.74) is 6.52. The van der Waals surface area contributed by atoms with E-state index in [1.54, 1.807) is 32.0 Å². The average molecular weight is 276 g/mol. The molecule has 0 saturated carbocycles. The molecule has 1 aromatic rings. The summed E-state index contributed by atoms with van der Waals surface area (Å²) in [5, 5.41) is -0.200.